The zero-order chi connectivity index (χ0) is 18.8. The highest BCUT2D eigenvalue weighted by Crippen LogP contribution is 2.28. The zero-order valence-corrected chi connectivity index (χ0v) is 16.4. The van der Waals surface area contributed by atoms with E-state index >= 15 is 0 Å². The molecule has 6 heteroatoms. The molecular formula is C20H19BrN2O3. The highest BCUT2D eigenvalue weighted by Gasteiger charge is 2.34. The second-order valence-electron chi connectivity index (χ2n) is 6.02. The van der Waals surface area contributed by atoms with Crippen LogP contribution in [0.4, 0.5) is 5.69 Å². The van der Waals surface area contributed by atoms with Crippen LogP contribution in [0.1, 0.15) is 23.6 Å². The summed E-state index contributed by atoms with van der Waals surface area (Å²) in [5, 5.41) is 1.28. The molecule has 26 heavy (non-hydrogen) atoms. The van der Waals surface area contributed by atoms with Gasteiger partial charge in [0, 0.05) is 10.0 Å². The summed E-state index contributed by atoms with van der Waals surface area (Å²) in [6, 6.07) is 11.1. The van der Waals surface area contributed by atoms with Crippen LogP contribution in [0.15, 0.2) is 46.4 Å². The van der Waals surface area contributed by atoms with Gasteiger partial charge < -0.3 is 4.74 Å². The van der Waals surface area contributed by atoms with E-state index in [0.717, 1.165) is 15.6 Å². The first-order chi connectivity index (χ1) is 12.4. The second kappa shape index (κ2) is 7.33. The number of halogens is 1. The SMILES string of the molecule is CCOc1ccc(Br)cc1/C=C1\C(=O)NN(c2ccc(C)c(C)c2)C1=O. The number of amides is 2. The highest BCUT2D eigenvalue weighted by atomic mass is 79.9. The van der Waals surface area contributed by atoms with Crippen molar-refractivity contribution in [3.05, 3.63) is 63.1 Å². The quantitative estimate of drug-likeness (QED) is 0.608. The fourth-order valence-electron chi connectivity index (χ4n) is 2.68. The van der Waals surface area contributed by atoms with Crippen LogP contribution in [0.5, 0.6) is 5.75 Å². The molecule has 0 spiro atoms. The summed E-state index contributed by atoms with van der Waals surface area (Å²) in [5.74, 6) is -0.204. The molecule has 0 aliphatic carbocycles. The van der Waals surface area contributed by atoms with E-state index in [4.69, 9.17) is 4.74 Å². The number of nitrogens with zero attached hydrogens (tertiary/aromatic N) is 1. The summed E-state index contributed by atoms with van der Waals surface area (Å²) in [4.78, 5) is 25.2. The molecule has 2 aromatic carbocycles. The van der Waals surface area contributed by atoms with Crippen molar-refractivity contribution in [2.75, 3.05) is 11.6 Å². The molecule has 0 atom stereocenters. The van der Waals surface area contributed by atoms with Gasteiger partial charge in [-0.2, -0.15) is 0 Å². The summed E-state index contributed by atoms with van der Waals surface area (Å²) >= 11 is 3.41. The second-order valence-corrected chi connectivity index (χ2v) is 6.94. The van der Waals surface area contributed by atoms with Crippen LogP contribution in [0, 0.1) is 13.8 Å². The van der Waals surface area contributed by atoms with Crippen molar-refractivity contribution in [1.29, 1.82) is 0 Å². The Morgan fingerprint density at radius 1 is 1.12 bits per heavy atom. The van der Waals surface area contributed by atoms with Gasteiger partial charge in [0.15, 0.2) is 0 Å². The lowest BCUT2D eigenvalue weighted by Gasteiger charge is -2.16. The number of hydrogen-bond donors (Lipinski definition) is 1. The fourth-order valence-corrected chi connectivity index (χ4v) is 3.06. The van der Waals surface area contributed by atoms with E-state index in [1.807, 2.05) is 51.1 Å². The maximum atomic E-state index is 12.8. The van der Waals surface area contributed by atoms with Crippen LogP contribution in [0.3, 0.4) is 0 Å². The van der Waals surface area contributed by atoms with E-state index in [2.05, 4.69) is 21.4 Å². The van der Waals surface area contributed by atoms with Gasteiger partial charge in [0.05, 0.1) is 12.3 Å². The maximum Gasteiger partial charge on any atom is 0.282 e. The molecule has 1 aliphatic heterocycles. The predicted molar refractivity (Wildman–Crippen MR) is 105 cm³/mol. The van der Waals surface area contributed by atoms with Crippen molar-refractivity contribution in [1.82, 2.24) is 5.43 Å². The molecule has 1 heterocycles. The van der Waals surface area contributed by atoms with Crippen molar-refractivity contribution >= 4 is 39.5 Å². The van der Waals surface area contributed by atoms with Gasteiger partial charge in [0.1, 0.15) is 11.3 Å². The molecule has 2 aromatic rings. The van der Waals surface area contributed by atoms with Crippen molar-refractivity contribution in [2.45, 2.75) is 20.8 Å². The number of anilines is 1. The Morgan fingerprint density at radius 3 is 2.58 bits per heavy atom. The third-order valence-electron chi connectivity index (χ3n) is 4.21. The highest BCUT2D eigenvalue weighted by molar-refractivity contribution is 9.10. The van der Waals surface area contributed by atoms with Gasteiger partial charge >= 0.3 is 0 Å². The average molecular weight is 415 g/mol. The Kier molecular flexibility index (Phi) is 5.13. The lowest BCUT2D eigenvalue weighted by atomic mass is 10.1. The van der Waals surface area contributed by atoms with Crippen molar-refractivity contribution in [2.24, 2.45) is 0 Å². The summed E-state index contributed by atoms with van der Waals surface area (Å²) in [6.07, 6.45) is 1.56. The Balaban J connectivity index is 1.98. The van der Waals surface area contributed by atoms with E-state index < -0.39 is 5.91 Å². The van der Waals surface area contributed by atoms with Gasteiger partial charge in [-0.3, -0.25) is 15.0 Å². The third kappa shape index (κ3) is 3.51. The topological polar surface area (TPSA) is 58.6 Å². The zero-order valence-electron chi connectivity index (χ0n) is 14.8. The summed E-state index contributed by atoms with van der Waals surface area (Å²) in [6.45, 7) is 6.34. The number of aryl methyl sites for hydroxylation is 2. The summed E-state index contributed by atoms with van der Waals surface area (Å²) < 4.78 is 6.43. The van der Waals surface area contributed by atoms with Gasteiger partial charge in [-0.1, -0.05) is 22.0 Å². The number of rotatable bonds is 4. The first-order valence-corrected chi connectivity index (χ1v) is 9.06. The lowest BCUT2D eigenvalue weighted by molar-refractivity contribution is -0.117. The number of nitrogens with one attached hydrogen (secondary N) is 1. The molecule has 5 nitrogen and oxygen atoms in total. The maximum absolute atomic E-state index is 12.8. The van der Waals surface area contributed by atoms with Crippen molar-refractivity contribution in [3.63, 3.8) is 0 Å². The summed E-state index contributed by atoms with van der Waals surface area (Å²) in [5.41, 5.74) is 6.17. The van der Waals surface area contributed by atoms with Crippen molar-refractivity contribution < 1.29 is 14.3 Å². The number of hydrazine groups is 1. The van der Waals surface area contributed by atoms with Gasteiger partial charge in [0.25, 0.3) is 11.8 Å². The molecule has 0 unspecified atom stereocenters. The molecule has 3 rings (SSSR count). The molecule has 0 radical (unpaired) electrons. The van der Waals surface area contributed by atoms with Crippen LogP contribution in [0.2, 0.25) is 0 Å². The van der Waals surface area contributed by atoms with Crippen LogP contribution in [-0.4, -0.2) is 18.4 Å². The molecule has 0 saturated carbocycles. The molecule has 0 aromatic heterocycles. The normalized spacial score (nSPS) is 15.5. The number of carbonyl (C=O) groups excluding carboxylic acids is 2. The fraction of sp³-hybridized carbons (Fsp3) is 0.200. The van der Waals surface area contributed by atoms with E-state index in [9.17, 15) is 9.59 Å². The smallest absolute Gasteiger partial charge is 0.282 e. The average Bonchev–Trinajstić information content (AvgIpc) is 2.88. The molecule has 0 bridgehead atoms. The number of carbonyl (C=O) groups is 2. The summed E-state index contributed by atoms with van der Waals surface area (Å²) in [7, 11) is 0. The largest absolute Gasteiger partial charge is 0.493 e. The Morgan fingerprint density at radius 2 is 1.88 bits per heavy atom. The molecule has 1 fully saturated rings. The standard InChI is InChI=1S/C20H19BrN2O3/c1-4-26-18-8-6-15(21)10-14(18)11-17-19(24)22-23(20(17)25)16-7-5-12(2)13(3)9-16/h5-11H,4H2,1-3H3,(H,22,24)/b17-11+. The minimum Gasteiger partial charge on any atom is -0.493 e. The molecule has 1 saturated heterocycles. The van der Waals surface area contributed by atoms with Gasteiger partial charge in [-0.25, -0.2) is 5.01 Å². The Hall–Kier alpha value is -2.60. The molecule has 1 aliphatic rings. The number of ether oxygens (including phenoxy) is 1. The van der Waals surface area contributed by atoms with Crippen LogP contribution in [0.25, 0.3) is 6.08 Å². The molecule has 2 amide bonds. The van der Waals surface area contributed by atoms with Crippen LogP contribution >= 0.6 is 15.9 Å². The lowest BCUT2D eigenvalue weighted by Crippen LogP contribution is -2.35. The Labute approximate surface area is 160 Å². The van der Waals surface area contributed by atoms with E-state index in [-0.39, 0.29) is 11.5 Å². The first kappa shape index (κ1) is 18.2. The van der Waals surface area contributed by atoms with Gasteiger partial charge in [-0.15, -0.1) is 0 Å². The van der Waals surface area contributed by atoms with Gasteiger partial charge in [0.2, 0.25) is 0 Å². The van der Waals surface area contributed by atoms with E-state index in [1.54, 1.807) is 12.1 Å². The molecule has 1 N–H and O–H groups in total. The Bertz CT molecular complexity index is 921. The monoisotopic (exact) mass is 414 g/mol. The molecular weight excluding hydrogens is 396 g/mol. The van der Waals surface area contributed by atoms with E-state index in [0.29, 0.717) is 23.6 Å². The van der Waals surface area contributed by atoms with Crippen molar-refractivity contribution in [3.8, 4) is 5.75 Å². The van der Waals surface area contributed by atoms with Gasteiger partial charge in [-0.05, 0) is 68.3 Å². The number of benzene rings is 2. The number of hydrogen-bond acceptors (Lipinski definition) is 3. The van der Waals surface area contributed by atoms with Crippen LogP contribution in [-0.2, 0) is 9.59 Å². The predicted octanol–water partition coefficient (Wildman–Crippen LogP) is 3.93. The minimum absolute atomic E-state index is 0.0716. The minimum atomic E-state index is -0.435. The van der Waals surface area contributed by atoms with E-state index in [1.165, 1.54) is 5.01 Å². The third-order valence-corrected chi connectivity index (χ3v) is 4.70. The first-order valence-electron chi connectivity index (χ1n) is 8.27. The van der Waals surface area contributed by atoms with Crippen LogP contribution < -0.4 is 15.2 Å². The molecule has 134 valence electrons.